The maximum absolute atomic E-state index is 11.4. The number of benzene rings is 1. The third-order valence-corrected chi connectivity index (χ3v) is 5.15. The molecule has 21 heavy (non-hydrogen) atoms. The fourth-order valence-corrected chi connectivity index (χ4v) is 3.64. The van der Waals surface area contributed by atoms with Gasteiger partial charge in [-0.15, -0.1) is 0 Å². The Labute approximate surface area is 125 Å². The molecule has 2 atom stereocenters. The van der Waals surface area contributed by atoms with Gasteiger partial charge in [0.1, 0.15) is 5.75 Å². The summed E-state index contributed by atoms with van der Waals surface area (Å²) in [6.07, 6.45) is 3.95. The monoisotopic (exact) mass is 289 g/mol. The lowest BCUT2D eigenvalue weighted by molar-refractivity contribution is -0.147. The van der Waals surface area contributed by atoms with E-state index < -0.39 is 11.4 Å². The van der Waals surface area contributed by atoms with Gasteiger partial charge < -0.3 is 9.84 Å². The molecule has 0 radical (unpaired) electrons. The maximum atomic E-state index is 11.4. The molecular formula is C17H23NO3. The summed E-state index contributed by atoms with van der Waals surface area (Å²) in [5, 5.41) is 9.37. The van der Waals surface area contributed by atoms with E-state index in [-0.39, 0.29) is 0 Å². The zero-order valence-corrected chi connectivity index (χ0v) is 12.8. The number of carboxylic acid groups (broad SMARTS) is 1. The molecule has 1 saturated heterocycles. The number of hydrogen-bond donors (Lipinski definition) is 1. The van der Waals surface area contributed by atoms with Gasteiger partial charge >= 0.3 is 5.97 Å². The molecule has 0 spiro atoms. The number of carbonyl (C=O) groups is 1. The second kappa shape index (κ2) is 5.34. The number of nitrogens with zero attached hydrogens (tertiary/aromatic N) is 1. The topological polar surface area (TPSA) is 49.8 Å². The number of likely N-dealkylation sites (tertiary alicyclic amines) is 1. The van der Waals surface area contributed by atoms with Gasteiger partial charge in [-0.3, -0.25) is 9.69 Å². The Morgan fingerprint density at radius 2 is 2.24 bits per heavy atom. The number of ether oxygens (including phenoxy) is 1. The van der Waals surface area contributed by atoms with E-state index in [2.05, 4.69) is 17.0 Å². The summed E-state index contributed by atoms with van der Waals surface area (Å²) >= 11 is 0. The summed E-state index contributed by atoms with van der Waals surface area (Å²) in [6.45, 7) is 3.44. The van der Waals surface area contributed by atoms with Gasteiger partial charge in [-0.1, -0.05) is 6.07 Å². The van der Waals surface area contributed by atoms with E-state index in [9.17, 15) is 9.90 Å². The number of aliphatic carboxylic acids is 1. The number of methoxy groups -OCH3 is 1. The van der Waals surface area contributed by atoms with Crippen molar-refractivity contribution in [3.63, 3.8) is 0 Å². The van der Waals surface area contributed by atoms with E-state index in [0.29, 0.717) is 12.6 Å². The highest BCUT2D eigenvalue weighted by Gasteiger charge is 2.42. The SMILES string of the molecule is COc1ccc2c(c1)CC(N1CCC(C)(C(=O)O)C1)CC2. The molecule has 1 fully saturated rings. The molecule has 1 aliphatic carbocycles. The van der Waals surface area contributed by atoms with Crippen LogP contribution in [0.5, 0.6) is 5.75 Å². The highest BCUT2D eigenvalue weighted by Crippen LogP contribution is 2.35. The van der Waals surface area contributed by atoms with E-state index in [0.717, 1.165) is 38.0 Å². The van der Waals surface area contributed by atoms with E-state index in [4.69, 9.17) is 4.74 Å². The van der Waals surface area contributed by atoms with Gasteiger partial charge in [-0.2, -0.15) is 0 Å². The number of fused-ring (bicyclic) bond motifs is 1. The average Bonchev–Trinajstić information content (AvgIpc) is 2.90. The molecule has 3 rings (SSSR count). The highest BCUT2D eigenvalue weighted by molar-refractivity contribution is 5.74. The van der Waals surface area contributed by atoms with Crippen molar-refractivity contribution in [1.82, 2.24) is 4.90 Å². The van der Waals surface area contributed by atoms with Crippen LogP contribution in [0.25, 0.3) is 0 Å². The number of carboxylic acids is 1. The van der Waals surface area contributed by atoms with Crippen LogP contribution in [0.1, 0.15) is 30.9 Å². The Morgan fingerprint density at radius 3 is 2.90 bits per heavy atom. The summed E-state index contributed by atoms with van der Waals surface area (Å²) in [5.41, 5.74) is 2.19. The van der Waals surface area contributed by atoms with Gasteiger partial charge in [0, 0.05) is 12.6 Å². The smallest absolute Gasteiger partial charge is 0.310 e. The Bertz CT molecular complexity index is 557. The van der Waals surface area contributed by atoms with E-state index in [1.165, 1.54) is 11.1 Å². The standard InChI is InChI=1S/C17H23NO3/c1-17(16(19)20)7-8-18(11-17)14-5-3-12-4-6-15(21-2)10-13(12)9-14/h4,6,10,14H,3,5,7-9,11H2,1-2H3,(H,19,20). The second-order valence-electron chi connectivity index (χ2n) is 6.62. The molecule has 0 amide bonds. The molecule has 2 aliphatic rings. The molecule has 1 aliphatic heterocycles. The molecule has 1 aromatic rings. The van der Waals surface area contributed by atoms with E-state index in [1.807, 2.05) is 13.0 Å². The number of hydrogen-bond acceptors (Lipinski definition) is 3. The van der Waals surface area contributed by atoms with Crippen molar-refractivity contribution < 1.29 is 14.6 Å². The molecule has 2 unspecified atom stereocenters. The van der Waals surface area contributed by atoms with Crippen molar-refractivity contribution in [2.75, 3.05) is 20.2 Å². The lowest BCUT2D eigenvalue weighted by Gasteiger charge is -2.33. The zero-order chi connectivity index (χ0) is 15.0. The third kappa shape index (κ3) is 2.64. The van der Waals surface area contributed by atoms with Crippen LogP contribution < -0.4 is 4.74 Å². The molecule has 4 nitrogen and oxygen atoms in total. The first-order valence-corrected chi connectivity index (χ1v) is 7.65. The van der Waals surface area contributed by atoms with Crippen LogP contribution in [0, 0.1) is 5.41 Å². The first-order chi connectivity index (χ1) is 10.0. The van der Waals surface area contributed by atoms with Crippen molar-refractivity contribution in [3.05, 3.63) is 29.3 Å². The lowest BCUT2D eigenvalue weighted by atomic mass is 9.87. The van der Waals surface area contributed by atoms with Crippen LogP contribution >= 0.6 is 0 Å². The Morgan fingerprint density at radius 1 is 1.43 bits per heavy atom. The van der Waals surface area contributed by atoms with Gasteiger partial charge in [0.2, 0.25) is 0 Å². The van der Waals surface area contributed by atoms with Crippen molar-refractivity contribution in [3.8, 4) is 5.75 Å². The average molecular weight is 289 g/mol. The van der Waals surface area contributed by atoms with Gasteiger partial charge in [0.15, 0.2) is 0 Å². The van der Waals surface area contributed by atoms with Crippen LogP contribution in [0.15, 0.2) is 18.2 Å². The molecule has 1 N–H and O–H groups in total. The van der Waals surface area contributed by atoms with Crippen LogP contribution in [-0.2, 0) is 17.6 Å². The Hall–Kier alpha value is -1.55. The van der Waals surface area contributed by atoms with E-state index in [1.54, 1.807) is 7.11 Å². The molecule has 0 saturated carbocycles. The summed E-state index contributed by atoms with van der Waals surface area (Å²) in [4.78, 5) is 13.8. The third-order valence-electron chi connectivity index (χ3n) is 5.15. The first-order valence-electron chi connectivity index (χ1n) is 7.65. The molecule has 0 aromatic heterocycles. The van der Waals surface area contributed by atoms with Gasteiger partial charge in [0.05, 0.1) is 12.5 Å². The Kier molecular flexibility index (Phi) is 3.66. The van der Waals surface area contributed by atoms with E-state index >= 15 is 0 Å². The van der Waals surface area contributed by atoms with Crippen LogP contribution in [0.3, 0.4) is 0 Å². The molecule has 4 heteroatoms. The zero-order valence-electron chi connectivity index (χ0n) is 12.8. The quantitative estimate of drug-likeness (QED) is 0.928. The minimum absolute atomic E-state index is 0.464. The summed E-state index contributed by atoms with van der Waals surface area (Å²) in [7, 11) is 1.70. The number of rotatable bonds is 3. The fourth-order valence-electron chi connectivity index (χ4n) is 3.64. The minimum Gasteiger partial charge on any atom is -0.497 e. The fraction of sp³-hybridized carbons (Fsp3) is 0.588. The van der Waals surface area contributed by atoms with Crippen molar-refractivity contribution in [1.29, 1.82) is 0 Å². The van der Waals surface area contributed by atoms with Crippen molar-refractivity contribution >= 4 is 5.97 Å². The maximum Gasteiger partial charge on any atom is 0.310 e. The molecule has 0 bridgehead atoms. The Balaban J connectivity index is 1.73. The molecular weight excluding hydrogens is 266 g/mol. The van der Waals surface area contributed by atoms with Crippen molar-refractivity contribution in [2.24, 2.45) is 5.41 Å². The molecule has 1 heterocycles. The molecule has 1 aromatic carbocycles. The summed E-state index contributed by atoms with van der Waals surface area (Å²) < 4.78 is 5.31. The predicted molar refractivity (Wildman–Crippen MR) is 80.7 cm³/mol. The van der Waals surface area contributed by atoms with Gasteiger partial charge in [-0.05, 0) is 62.4 Å². The van der Waals surface area contributed by atoms with Crippen molar-refractivity contribution in [2.45, 2.75) is 38.6 Å². The normalized spacial score (nSPS) is 29.1. The van der Waals surface area contributed by atoms with Gasteiger partial charge in [-0.25, -0.2) is 0 Å². The molecule has 114 valence electrons. The lowest BCUT2D eigenvalue weighted by Crippen LogP contribution is -2.40. The van der Waals surface area contributed by atoms with Gasteiger partial charge in [0.25, 0.3) is 0 Å². The highest BCUT2D eigenvalue weighted by atomic mass is 16.5. The van der Waals surface area contributed by atoms with Crippen LogP contribution in [-0.4, -0.2) is 42.2 Å². The second-order valence-corrected chi connectivity index (χ2v) is 6.62. The summed E-state index contributed by atoms with van der Waals surface area (Å²) in [5.74, 6) is 0.245. The minimum atomic E-state index is -0.664. The van der Waals surface area contributed by atoms with Crippen LogP contribution in [0.4, 0.5) is 0 Å². The first kappa shape index (κ1) is 14.4. The predicted octanol–water partition coefficient (Wildman–Crippen LogP) is 2.35. The largest absolute Gasteiger partial charge is 0.497 e. The van der Waals surface area contributed by atoms with Crippen LogP contribution in [0.2, 0.25) is 0 Å². The summed E-state index contributed by atoms with van der Waals surface area (Å²) in [6, 6.07) is 6.78. The number of aryl methyl sites for hydroxylation is 1.